The molecule has 1 unspecified atom stereocenters. The molecular weight excluding hydrogens is 418 g/mol. The average Bonchev–Trinajstić information content (AvgIpc) is 2.93. The van der Waals surface area contributed by atoms with E-state index in [4.69, 9.17) is 4.42 Å². The average molecular weight is 440 g/mol. The first-order chi connectivity index (χ1) is 13.4. The van der Waals surface area contributed by atoms with Crippen molar-refractivity contribution in [3.05, 3.63) is 79.1 Å². The maximum absolute atomic E-state index is 13.5. The molecule has 28 heavy (non-hydrogen) atoms. The van der Waals surface area contributed by atoms with Crippen LogP contribution in [0.3, 0.4) is 0 Å². The monoisotopic (exact) mass is 439 g/mol. The van der Waals surface area contributed by atoms with Crippen LogP contribution in [0.5, 0.6) is 0 Å². The predicted octanol–water partition coefficient (Wildman–Crippen LogP) is 5.52. The van der Waals surface area contributed by atoms with E-state index in [1.807, 2.05) is 50.2 Å². The van der Waals surface area contributed by atoms with Crippen molar-refractivity contribution in [3.8, 4) is 0 Å². The van der Waals surface area contributed by atoms with E-state index >= 15 is 0 Å². The molecule has 0 bridgehead atoms. The van der Waals surface area contributed by atoms with Crippen molar-refractivity contribution in [1.82, 2.24) is 4.90 Å². The van der Waals surface area contributed by atoms with E-state index in [0.29, 0.717) is 23.1 Å². The molecule has 1 aromatic heterocycles. The zero-order chi connectivity index (χ0) is 20.0. The van der Waals surface area contributed by atoms with Gasteiger partial charge in [-0.05, 0) is 55.2 Å². The Morgan fingerprint density at radius 3 is 2.64 bits per heavy atom. The highest BCUT2D eigenvalue weighted by molar-refractivity contribution is 9.10. The van der Waals surface area contributed by atoms with Crippen LogP contribution in [0, 0.1) is 13.8 Å². The summed E-state index contributed by atoms with van der Waals surface area (Å²) in [6.07, 6.45) is 1.84. The minimum Gasteiger partial charge on any atom is -0.450 e. The summed E-state index contributed by atoms with van der Waals surface area (Å²) in [5, 5.41) is 0.543. The molecule has 0 saturated carbocycles. The minimum atomic E-state index is -0.423. The van der Waals surface area contributed by atoms with Gasteiger partial charge in [0.15, 0.2) is 5.43 Å². The normalized spacial score (nSPS) is 16.1. The zero-order valence-corrected chi connectivity index (χ0v) is 17.8. The summed E-state index contributed by atoms with van der Waals surface area (Å²) in [6.45, 7) is 6.55. The number of unbranched alkanes of at least 4 members (excludes halogenated alkanes) is 1. The lowest BCUT2D eigenvalue weighted by molar-refractivity contribution is 0.0725. The van der Waals surface area contributed by atoms with Gasteiger partial charge in [0.1, 0.15) is 5.58 Å². The van der Waals surface area contributed by atoms with Gasteiger partial charge in [-0.15, -0.1) is 0 Å². The van der Waals surface area contributed by atoms with Crippen molar-refractivity contribution >= 4 is 32.8 Å². The zero-order valence-electron chi connectivity index (χ0n) is 16.2. The van der Waals surface area contributed by atoms with Gasteiger partial charge >= 0.3 is 0 Å². The molecule has 5 heteroatoms. The van der Waals surface area contributed by atoms with E-state index in [-0.39, 0.29) is 17.1 Å². The summed E-state index contributed by atoms with van der Waals surface area (Å²) in [7, 11) is 0. The second-order valence-electron chi connectivity index (χ2n) is 7.44. The number of hydrogen-bond donors (Lipinski definition) is 0. The molecule has 4 rings (SSSR count). The van der Waals surface area contributed by atoms with E-state index in [1.54, 1.807) is 4.90 Å². The number of rotatable bonds is 4. The van der Waals surface area contributed by atoms with Crippen LogP contribution in [0.15, 0.2) is 50.1 Å². The van der Waals surface area contributed by atoms with Crippen LogP contribution in [0.1, 0.15) is 58.6 Å². The molecule has 2 aromatic carbocycles. The summed E-state index contributed by atoms with van der Waals surface area (Å²) in [6, 6.07) is 11.2. The van der Waals surface area contributed by atoms with E-state index in [0.717, 1.165) is 34.0 Å². The van der Waals surface area contributed by atoms with Gasteiger partial charge in [-0.1, -0.05) is 47.5 Å². The van der Waals surface area contributed by atoms with Gasteiger partial charge in [-0.3, -0.25) is 9.59 Å². The number of nitrogens with zero attached hydrogens (tertiary/aromatic N) is 1. The van der Waals surface area contributed by atoms with Crippen LogP contribution in [-0.4, -0.2) is 17.4 Å². The van der Waals surface area contributed by atoms with Crippen molar-refractivity contribution < 1.29 is 9.21 Å². The summed E-state index contributed by atoms with van der Waals surface area (Å²) in [4.78, 5) is 28.5. The first kappa shape index (κ1) is 18.9. The number of fused-ring (bicyclic) bond motifs is 2. The number of aryl methyl sites for hydroxylation is 2. The molecule has 1 aliphatic heterocycles. The van der Waals surface area contributed by atoms with E-state index in [9.17, 15) is 9.59 Å². The van der Waals surface area contributed by atoms with Gasteiger partial charge in [-0.2, -0.15) is 0 Å². The maximum atomic E-state index is 13.5. The smallest absolute Gasteiger partial charge is 0.290 e. The Labute approximate surface area is 172 Å². The number of amides is 1. The van der Waals surface area contributed by atoms with Crippen LogP contribution in [0.2, 0.25) is 0 Å². The molecule has 0 aliphatic carbocycles. The maximum Gasteiger partial charge on any atom is 0.290 e. The standard InChI is InChI=1S/C23H22BrNO3/c1-4-5-9-25-19(15-7-6-8-16(24)12-15)18-20(26)17-11-13(2)10-14(3)21(17)28-22(18)23(25)27/h6-8,10-12,19H,4-5,9H2,1-3H3. The van der Waals surface area contributed by atoms with Gasteiger partial charge in [0.05, 0.1) is 17.0 Å². The molecule has 0 radical (unpaired) electrons. The van der Waals surface area contributed by atoms with E-state index in [1.165, 1.54) is 0 Å². The van der Waals surface area contributed by atoms with Gasteiger partial charge in [0, 0.05) is 11.0 Å². The van der Waals surface area contributed by atoms with Gasteiger partial charge < -0.3 is 9.32 Å². The van der Waals surface area contributed by atoms with Crippen LogP contribution >= 0.6 is 15.9 Å². The fourth-order valence-corrected chi connectivity index (χ4v) is 4.47. The molecule has 2 heterocycles. The number of carbonyl (C=O) groups is 1. The van der Waals surface area contributed by atoms with Crippen molar-refractivity contribution in [2.45, 2.75) is 39.7 Å². The Hall–Kier alpha value is -2.40. The number of halogens is 1. The van der Waals surface area contributed by atoms with Gasteiger partial charge in [0.2, 0.25) is 5.76 Å². The van der Waals surface area contributed by atoms with Crippen molar-refractivity contribution in [1.29, 1.82) is 0 Å². The lowest BCUT2D eigenvalue weighted by Crippen LogP contribution is -2.30. The van der Waals surface area contributed by atoms with E-state index in [2.05, 4.69) is 22.9 Å². The summed E-state index contributed by atoms with van der Waals surface area (Å²) in [5.41, 5.74) is 3.64. The molecule has 1 aliphatic rings. The minimum absolute atomic E-state index is 0.111. The first-order valence-electron chi connectivity index (χ1n) is 9.56. The van der Waals surface area contributed by atoms with Gasteiger partial charge in [0.25, 0.3) is 5.91 Å². The van der Waals surface area contributed by atoms with Crippen LogP contribution in [-0.2, 0) is 0 Å². The summed E-state index contributed by atoms with van der Waals surface area (Å²) in [5.74, 6) is -0.0158. The highest BCUT2D eigenvalue weighted by Gasteiger charge is 2.42. The number of carbonyl (C=O) groups excluding carboxylic acids is 1. The highest BCUT2D eigenvalue weighted by Crippen LogP contribution is 2.39. The van der Waals surface area contributed by atoms with Crippen molar-refractivity contribution in [2.75, 3.05) is 6.54 Å². The summed E-state index contributed by atoms with van der Waals surface area (Å²) >= 11 is 3.51. The first-order valence-corrected chi connectivity index (χ1v) is 10.4. The highest BCUT2D eigenvalue weighted by atomic mass is 79.9. The quantitative estimate of drug-likeness (QED) is 0.537. The Kier molecular flexibility index (Phi) is 4.88. The molecule has 4 nitrogen and oxygen atoms in total. The lowest BCUT2D eigenvalue weighted by atomic mass is 9.97. The largest absolute Gasteiger partial charge is 0.450 e. The molecule has 3 aromatic rings. The second-order valence-corrected chi connectivity index (χ2v) is 8.36. The van der Waals surface area contributed by atoms with Crippen molar-refractivity contribution in [3.63, 3.8) is 0 Å². The SMILES string of the molecule is CCCCN1C(=O)c2oc3c(C)cc(C)cc3c(=O)c2C1c1cccc(Br)c1. The summed E-state index contributed by atoms with van der Waals surface area (Å²) < 4.78 is 6.99. The number of hydrogen-bond acceptors (Lipinski definition) is 3. The Morgan fingerprint density at radius 1 is 1.14 bits per heavy atom. The Bertz CT molecular complexity index is 1150. The third kappa shape index (κ3) is 2.98. The molecule has 0 N–H and O–H groups in total. The fraction of sp³-hybridized carbons (Fsp3) is 0.304. The van der Waals surface area contributed by atoms with Gasteiger partial charge in [-0.25, -0.2) is 0 Å². The Balaban J connectivity index is 2.01. The number of benzene rings is 2. The third-order valence-electron chi connectivity index (χ3n) is 5.31. The third-order valence-corrected chi connectivity index (χ3v) is 5.81. The molecule has 0 spiro atoms. The molecule has 1 amide bonds. The molecule has 0 saturated heterocycles. The van der Waals surface area contributed by atoms with Crippen LogP contribution in [0.25, 0.3) is 11.0 Å². The lowest BCUT2D eigenvalue weighted by Gasteiger charge is -2.25. The molecular formula is C23H22BrNO3. The molecule has 1 atom stereocenters. The molecule has 0 fully saturated rings. The topological polar surface area (TPSA) is 50.5 Å². The fourth-order valence-electron chi connectivity index (χ4n) is 4.06. The predicted molar refractivity (Wildman–Crippen MR) is 114 cm³/mol. The van der Waals surface area contributed by atoms with Crippen molar-refractivity contribution in [2.24, 2.45) is 0 Å². The van der Waals surface area contributed by atoms with Crippen LogP contribution in [0.4, 0.5) is 0 Å². The van der Waals surface area contributed by atoms with Crippen LogP contribution < -0.4 is 5.43 Å². The van der Waals surface area contributed by atoms with E-state index < -0.39 is 6.04 Å². The second kappa shape index (κ2) is 7.21. The Morgan fingerprint density at radius 2 is 1.93 bits per heavy atom. The molecule has 144 valence electrons.